The number of sulfonamides is 1. The number of benzene rings is 1. The lowest BCUT2D eigenvalue weighted by Gasteiger charge is -2.33. The molecule has 0 N–H and O–H groups in total. The Morgan fingerprint density at radius 2 is 1.81 bits per heavy atom. The second-order valence-corrected chi connectivity index (χ2v) is 7.99. The van der Waals surface area contributed by atoms with Gasteiger partial charge in [-0.05, 0) is 6.07 Å². The van der Waals surface area contributed by atoms with Crippen LogP contribution in [0, 0.1) is 0 Å². The van der Waals surface area contributed by atoms with Gasteiger partial charge in [-0.25, -0.2) is 8.42 Å². The molecule has 0 saturated carbocycles. The van der Waals surface area contributed by atoms with Crippen LogP contribution in [0.5, 0.6) is 0 Å². The lowest BCUT2D eigenvalue weighted by Crippen LogP contribution is -2.48. The van der Waals surface area contributed by atoms with Crippen molar-refractivity contribution in [2.45, 2.75) is 6.42 Å². The first-order valence-corrected chi connectivity index (χ1v) is 9.47. The van der Waals surface area contributed by atoms with Crippen LogP contribution in [0.25, 0.3) is 0 Å². The Balaban J connectivity index is 1.83. The Kier molecular flexibility index (Phi) is 5.54. The lowest BCUT2D eigenvalue weighted by molar-refractivity contribution is 0.0951. The first-order valence-electron chi connectivity index (χ1n) is 6.83. The topological polar surface area (TPSA) is 57.7 Å². The molecule has 1 fully saturated rings. The van der Waals surface area contributed by atoms with Gasteiger partial charge in [0.25, 0.3) is 0 Å². The highest BCUT2D eigenvalue weighted by atomic mass is 79.9. The zero-order chi connectivity index (χ0) is 15.5. The summed E-state index contributed by atoms with van der Waals surface area (Å²) < 4.78 is 25.2. The number of halogens is 1. The molecule has 0 unspecified atom stereocenters. The Hall–Kier alpha value is -0.760. The SMILES string of the molecule is CS(=O)(=O)N1CCN(CCC(=O)c2ccccc2Br)CC1. The smallest absolute Gasteiger partial charge is 0.211 e. The second kappa shape index (κ2) is 7.00. The van der Waals surface area contributed by atoms with Gasteiger partial charge in [0.2, 0.25) is 10.0 Å². The van der Waals surface area contributed by atoms with E-state index in [1.165, 1.54) is 10.6 Å². The Morgan fingerprint density at radius 3 is 2.38 bits per heavy atom. The molecular weight excluding hydrogens is 356 g/mol. The van der Waals surface area contributed by atoms with E-state index in [-0.39, 0.29) is 5.78 Å². The molecule has 0 atom stereocenters. The monoisotopic (exact) mass is 374 g/mol. The molecule has 0 aliphatic carbocycles. The number of hydrogen-bond acceptors (Lipinski definition) is 4. The Labute approximate surface area is 134 Å². The van der Waals surface area contributed by atoms with Crippen molar-refractivity contribution in [3.05, 3.63) is 34.3 Å². The molecule has 7 heteroatoms. The van der Waals surface area contributed by atoms with Crippen LogP contribution in [-0.4, -0.2) is 62.4 Å². The number of carbonyl (C=O) groups excluding carboxylic acids is 1. The number of rotatable bonds is 5. The molecule has 0 amide bonds. The molecular formula is C14H19BrN2O3S. The van der Waals surface area contributed by atoms with Crippen molar-refractivity contribution < 1.29 is 13.2 Å². The number of nitrogens with zero attached hydrogens (tertiary/aromatic N) is 2. The quantitative estimate of drug-likeness (QED) is 0.734. The zero-order valence-corrected chi connectivity index (χ0v) is 14.4. The van der Waals surface area contributed by atoms with E-state index in [0.29, 0.717) is 44.7 Å². The maximum atomic E-state index is 12.2. The van der Waals surface area contributed by atoms with Crippen molar-refractivity contribution in [3.8, 4) is 0 Å². The molecule has 1 aromatic rings. The highest BCUT2D eigenvalue weighted by Gasteiger charge is 2.23. The number of Topliss-reactive ketones (excluding diaryl/α,β-unsaturated/α-hetero) is 1. The first kappa shape index (κ1) is 16.6. The van der Waals surface area contributed by atoms with E-state index in [1.807, 2.05) is 24.3 Å². The van der Waals surface area contributed by atoms with E-state index in [1.54, 1.807) is 0 Å². The Morgan fingerprint density at radius 1 is 1.19 bits per heavy atom. The van der Waals surface area contributed by atoms with E-state index in [0.717, 1.165) is 4.47 Å². The summed E-state index contributed by atoms with van der Waals surface area (Å²) >= 11 is 3.38. The predicted octanol–water partition coefficient (Wildman–Crippen LogP) is 1.60. The summed E-state index contributed by atoms with van der Waals surface area (Å²) in [7, 11) is -3.10. The summed E-state index contributed by atoms with van der Waals surface area (Å²) in [5.74, 6) is 0.105. The average Bonchev–Trinajstić information content (AvgIpc) is 2.45. The van der Waals surface area contributed by atoms with Gasteiger partial charge >= 0.3 is 0 Å². The molecule has 0 radical (unpaired) electrons. The van der Waals surface area contributed by atoms with Gasteiger partial charge in [0, 0.05) is 49.2 Å². The molecule has 1 aliphatic heterocycles. The highest BCUT2D eigenvalue weighted by Crippen LogP contribution is 2.18. The van der Waals surface area contributed by atoms with Crippen molar-refractivity contribution in [1.82, 2.24) is 9.21 Å². The third-order valence-corrected chi connectivity index (χ3v) is 5.62. The van der Waals surface area contributed by atoms with Crippen molar-refractivity contribution in [2.75, 3.05) is 39.0 Å². The largest absolute Gasteiger partial charge is 0.300 e. The molecule has 1 saturated heterocycles. The van der Waals surface area contributed by atoms with Gasteiger partial charge in [0.1, 0.15) is 0 Å². The van der Waals surface area contributed by atoms with Gasteiger partial charge in [-0.2, -0.15) is 4.31 Å². The number of carbonyl (C=O) groups is 1. The zero-order valence-electron chi connectivity index (χ0n) is 12.0. The lowest BCUT2D eigenvalue weighted by atomic mass is 10.1. The van der Waals surface area contributed by atoms with Gasteiger partial charge in [-0.3, -0.25) is 4.79 Å². The minimum Gasteiger partial charge on any atom is -0.300 e. The van der Waals surface area contributed by atoms with Crippen LogP contribution in [-0.2, 0) is 10.0 Å². The molecule has 5 nitrogen and oxygen atoms in total. The summed E-state index contributed by atoms with van der Waals surface area (Å²) in [6.45, 7) is 3.02. The minimum atomic E-state index is -3.10. The maximum absolute atomic E-state index is 12.2. The van der Waals surface area contributed by atoms with Gasteiger partial charge < -0.3 is 4.90 Å². The molecule has 21 heavy (non-hydrogen) atoms. The standard InChI is InChI=1S/C14H19BrN2O3S/c1-21(19,20)17-10-8-16(9-11-17)7-6-14(18)12-4-2-3-5-13(12)15/h2-5H,6-11H2,1H3. The van der Waals surface area contributed by atoms with Crippen LogP contribution in [0.15, 0.2) is 28.7 Å². The van der Waals surface area contributed by atoms with Crippen LogP contribution >= 0.6 is 15.9 Å². The van der Waals surface area contributed by atoms with Crippen LogP contribution in [0.2, 0.25) is 0 Å². The van der Waals surface area contributed by atoms with Crippen LogP contribution < -0.4 is 0 Å². The van der Waals surface area contributed by atoms with Crippen LogP contribution in [0.3, 0.4) is 0 Å². The fourth-order valence-corrected chi connectivity index (χ4v) is 3.70. The van der Waals surface area contributed by atoms with Gasteiger partial charge in [-0.1, -0.05) is 34.1 Å². The molecule has 1 aromatic carbocycles. The summed E-state index contributed by atoms with van der Waals surface area (Å²) in [5, 5.41) is 0. The summed E-state index contributed by atoms with van der Waals surface area (Å²) in [5.41, 5.74) is 0.701. The van der Waals surface area contributed by atoms with Gasteiger partial charge in [0.15, 0.2) is 5.78 Å². The molecule has 0 aromatic heterocycles. The summed E-state index contributed by atoms with van der Waals surface area (Å²) in [4.78, 5) is 14.3. The van der Waals surface area contributed by atoms with Crippen molar-refractivity contribution >= 4 is 31.7 Å². The normalized spacial score (nSPS) is 17.8. The maximum Gasteiger partial charge on any atom is 0.211 e. The molecule has 116 valence electrons. The number of hydrogen-bond donors (Lipinski definition) is 0. The van der Waals surface area contributed by atoms with Crippen molar-refractivity contribution in [1.29, 1.82) is 0 Å². The molecule has 0 bridgehead atoms. The van der Waals surface area contributed by atoms with Crippen LogP contribution in [0.1, 0.15) is 16.8 Å². The average molecular weight is 375 g/mol. The first-order chi connectivity index (χ1) is 9.88. The minimum absolute atomic E-state index is 0.105. The van der Waals surface area contributed by atoms with E-state index in [4.69, 9.17) is 0 Å². The number of ketones is 1. The number of piperazine rings is 1. The highest BCUT2D eigenvalue weighted by molar-refractivity contribution is 9.10. The molecule has 0 spiro atoms. The summed E-state index contributed by atoms with van der Waals surface area (Å²) in [6, 6.07) is 7.40. The van der Waals surface area contributed by atoms with Crippen molar-refractivity contribution in [3.63, 3.8) is 0 Å². The fourth-order valence-electron chi connectivity index (χ4n) is 2.37. The second-order valence-electron chi connectivity index (χ2n) is 5.16. The van der Waals surface area contributed by atoms with Gasteiger partial charge in [0.05, 0.1) is 6.26 Å². The molecule has 1 aliphatic rings. The van der Waals surface area contributed by atoms with Gasteiger partial charge in [-0.15, -0.1) is 0 Å². The van der Waals surface area contributed by atoms with E-state index in [2.05, 4.69) is 20.8 Å². The molecule has 2 rings (SSSR count). The van der Waals surface area contributed by atoms with E-state index < -0.39 is 10.0 Å². The van der Waals surface area contributed by atoms with E-state index in [9.17, 15) is 13.2 Å². The third-order valence-electron chi connectivity index (χ3n) is 3.63. The third kappa shape index (κ3) is 4.60. The van der Waals surface area contributed by atoms with E-state index >= 15 is 0 Å². The van der Waals surface area contributed by atoms with Crippen molar-refractivity contribution in [2.24, 2.45) is 0 Å². The molecule has 1 heterocycles. The summed E-state index contributed by atoms with van der Waals surface area (Å²) in [6.07, 6.45) is 1.68. The van der Waals surface area contributed by atoms with Crippen LogP contribution in [0.4, 0.5) is 0 Å². The predicted molar refractivity (Wildman–Crippen MR) is 85.9 cm³/mol. The fraction of sp³-hybridized carbons (Fsp3) is 0.500. The Bertz CT molecular complexity index is 610.